The van der Waals surface area contributed by atoms with E-state index in [1.54, 1.807) is 28.7 Å². The van der Waals surface area contributed by atoms with Gasteiger partial charge >= 0.3 is 0 Å². The number of hydrogen-bond acceptors (Lipinski definition) is 5. The van der Waals surface area contributed by atoms with Gasteiger partial charge in [-0.05, 0) is 25.0 Å². The zero-order chi connectivity index (χ0) is 12.8. The summed E-state index contributed by atoms with van der Waals surface area (Å²) in [5, 5.41) is 11.7. The fourth-order valence-corrected chi connectivity index (χ4v) is 2.48. The summed E-state index contributed by atoms with van der Waals surface area (Å²) in [4.78, 5) is 16.1. The smallest absolute Gasteiger partial charge is 0.293 e. The topological polar surface area (TPSA) is 67.2 Å². The van der Waals surface area contributed by atoms with E-state index in [2.05, 4.69) is 10.3 Å². The number of thioether (sulfide) groups is 1. The normalized spacial score (nSPS) is 14.7. The molecule has 1 aliphatic carbocycles. The lowest BCUT2D eigenvalue weighted by Crippen LogP contribution is -2.24. The molecule has 2 N–H and O–H groups in total. The largest absolute Gasteiger partial charge is 0.396 e. The zero-order valence-electron chi connectivity index (χ0n) is 10.3. The molecule has 1 heterocycles. The number of hydrogen-bond donors (Lipinski definition) is 2. The highest BCUT2D eigenvalue weighted by atomic mass is 32.2. The predicted molar refractivity (Wildman–Crippen MR) is 74.3 cm³/mol. The van der Waals surface area contributed by atoms with Gasteiger partial charge in [0.25, 0.3) is 5.56 Å². The summed E-state index contributed by atoms with van der Waals surface area (Å²) < 4.78 is 1.77. The molecular formula is C12H19N3O2S. The molecule has 6 heteroatoms. The van der Waals surface area contributed by atoms with Crippen molar-refractivity contribution in [1.82, 2.24) is 9.55 Å². The van der Waals surface area contributed by atoms with Crippen molar-refractivity contribution < 1.29 is 5.11 Å². The average molecular weight is 269 g/mol. The summed E-state index contributed by atoms with van der Waals surface area (Å²) in [7, 11) is 0. The summed E-state index contributed by atoms with van der Waals surface area (Å²) >= 11 is 1.77. The van der Waals surface area contributed by atoms with Gasteiger partial charge in [0.05, 0.1) is 0 Å². The molecule has 0 amide bonds. The van der Waals surface area contributed by atoms with Crippen molar-refractivity contribution in [3.63, 3.8) is 0 Å². The summed E-state index contributed by atoms with van der Waals surface area (Å²) in [5.41, 5.74) is -0.0136. The molecule has 100 valence electrons. The van der Waals surface area contributed by atoms with E-state index in [4.69, 9.17) is 5.11 Å². The Hall–Kier alpha value is -1.01. The van der Waals surface area contributed by atoms with Gasteiger partial charge < -0.3 is 15.0 Å². The van der Waals surface area contributed by atoms with Crippen molar-refractivity contribution >= 4 is 17.6 Å². The Balaban J connectivity index is 1.79. The molecule has 0 spiro atoms. The molecule has 0 saturated heterocycles. The first-order valence-electron chi connectivity index (χ1n) is 6.32. The van der Waals surface area contributed by atoms with Gasteiger partial charge in [-0.2, -0.15) is 11.8 Å². The summed E-state index contributed by atoms with van der Waals surface area (Å²) in [6.07, 6.45) is 6.46. The maximum atomic E-state index is 12.0. The Bertz CT molecular complexity index is 432. The number of nitrogens with zero attached hydrogens (tertiary/aromatic N) is 2. The third-order valence-corrected chi connectivity index (χ3v) is 3.86. The average Bonchev–Trinajstić information content (AvgIpc) is 3.20. The molecule has 1 fully saturated rings. The summed E-state index contributed by atoms with van der Waals surface area (Å²) in [6, 6.07) is 0.389. The van der Waals surface area contributed by atoms with Crippen molar-refractivity contribution in [1.29, 1.82) is 0 Å². The molecule has 1 aromatic rings. The Morgan fingerprint density at radius 2 is 2.33 bits per heavy atom. The molecule has 1 aliphatic rings. The van der Waals surface area contributed by atoms with Crippen molar-refractivity contribution in [2.45, 2.75) is 25.3 Å². The van der Waals surface area contributed by atoms with Crippen LogP contribution in [0.4, 0.5) is 5.82 Å². The van der Waals surface area contributed by atoms with Crippen LogP contribution >= 0.6 is 11.8 Å². The molecule has 1 aromatic heterocycles. The monoisotopic (exact) mass is 269 g/mol. The maximum Gasteiger partial charge on any atom is 0.293 e. The Morgan fingerprint density at radius 1 is 1.50 bits per heavy atom. The van der Waals surface area contributed by atoms with Gasteiger partial charge in [0, 0.05) is 37.3 Å². The van der Waals surface area contributed by atoms with E-state index >= 15 is 0 Å². The Kier molecular flexibility index (Phi) is 5.07. The lowest BCUT2D eigenvalue weighted by atomic mass is 10.5. The van der Waals surface area contributed by atoms with E-state index in [1.807, 2.05) is 0 Å². The van der Waals surface area contributed by atoms with Gasteiger partial charge in [0.15, 0.2) is 5.82 Å². The quantitative estimate of drug-likeness (QED) is 0.692. The lowest BCUT2D eigenvalue weighted by Gasteiger charge is -2.07. The number of aliphatic hydroxyl groups excluding tert-OH is 1. The number of aliphatic hydroxyl groups is 1. The van der Waals surface area contributed by atoms with E-state index in [-0.39, 0.29) is 12.2 Å². The minimum absolute atomic E-state index is 0.0136. The SMILES string of the molecule is O=c1c(NCCSCCCO)nccn1C1CC1. The predicted octanol–water partition coefficient (Wildman–Crippen LogP) is 1.11. The van der Waals surface area contributed by atoms with E-state index in [0.29, 0.717) is 11.9 Å². The highest BCUT2D eigenvalue weighted by Gasteiger charge is 2.25. The molecule has 2 rings (SSSR count). The van der Waals surface area contributed by atoms with E-state index in [1.165, 1.54) is 0 Å². The van der Waals surface area contributed by atoms with Crippen LogP contribution in [0.1, 0.15) is 25.3 Å². The maximum absolute atomic E-state index is 12.0. The third kappa shape index (κ3) is 3.74. The van der Waals surface area contributed by atoms with Crippen LogP contribution in [-0.4, -0.2) is 39.3 Å². The van der Waals surface area contributed by atoms with Gasteiger partial charge in [-0.15, -0.1) is 0 Å². The van der Waals surface area contributed by atoms with Crippen LogP contribution in [0, 0.1) is 0 Å². The van der Waals surface area contributed by atoms with Gasteiger partial charge in [-0.3, -0.25) is 4.79 Å². The van der Waals surface area contributed by atoms with Gasteiger partial charge in [-0.1, -0.05) is 0 Å². The first kappa shape index (κ1) is 13.4. The van der Waals surface area contributed by atoms with E-state index in [0.717, 1.165) is 37.3 Å². The molecule has 0 aromatic carbocycles. The fraction of sp³-hybridized carbons (Fsp3) is 0.667. The van der Waals surface area contributed by atoms with Gasteiger partial charge in [0.1, 0.15) is 0 Å². The van der Waals surface area contributed by atoms with E-state index in [9.17, 15) is 4.79 Å². The molecule has 0 radical (unpaired) electrons. The molecule has 1 saturated carbocycles. The molecular weight excluding hydrogens is 250 g/mol. The molecule has 5 nitrogen and oxygen atoms in total. The standard InChI is InChI=1S/C12H19N3O2S/c16-7-1-8-18-9-5-14-11-12(17)15(6-4-13-11)10-2-3-10/h4,6,10,16H,1-3,5,7-9H2,(H,13,14). The van der Waals surface area contributed by atoms with Crippen LogP contribution < -0.4 is 10.9 Å². The van der Waals surface area contributed by atoms with Crippen LogP contribution in [-0.2, 0) is 0 Å². The van der Waals surface area contributed by atoms with Crippen LogP contribution in [0.5, 0.6) is 0 Å². The molecule has 0 unspecified atom stereocenters. The van der Waals surface area contributed by atoms with Crippen molar-refractivity contribution in [3.05, 3.63) is 22.7 Å². The van der Waals surface area contributed by atoms with Crippen molar-refractivity contribution in [2.75, 3.05) is 30.0 Å². The second-order valence-electron chi connectivity index (χ2n) is 4.34. The minimum Gasteiger partial charge on any atom is -0.396 e. The summed E-state index contributed by atoms with van der Waals surface area (Å²) in [6.45, 7) is 0.972. The van der Waals surface area contributed by atoms with Crippen LogP contribution in [0.15, 0.2) is 17.2 Å². The van der Waals surface area contributed by atoms with E-state index < -0.39 is 0 Å². The lowest BCUT2D eigenvalue weighted by molar-refractivity contribution is 0.296. The van der Waals surface area contributed by atoms with Gasteiger partial charge in [-0.25, -0.2) is 4.98 Å². The Morgan fingerprint density at radius 3 is 3.06 bits per heavy atom. The first-order valence-corrected chi connectivity index (χ1v) is 7.48. The molecule has 0 bridgehead atoms. The number of rotatable bonds is 8. The number of nitrogens with one attached hydrogen (secondary N) is 1. The van der Waals surface area contributed by atoms with Crippen LogP contribution in [0.25, 0.3) is 0 Å². The molecule has 18 heavy (non-hydrogen) atoms. The van der Waals surface area contributed by atoms with Crippen molar-refractivity contribution in [3.8, 4) is 0 Å². The van der Waals surface area contributed by atoms with Crippen LogP contribution in [0.2, 0.25) is 0 Å². The minimum atomic E-state index is -0.0136. The molecule has 0 aliphatic heterocycles. The first-order chi connectivity index (χ1) is 8.83. The highest BCUT2D eigenvalue weighted by Crippen LogP contribution is 2.33. The number of anilines is 1. The third-order valence-electron chi connectivity index (χ3n) is 2.79. The second kappa shape index (κ2) is 6.80. The van der Waals surface area contributed by atoms with Crippen molar-refractivity contribution in [2.24, 2.45) is 0 Å². The highest BCUT2D eigenvalue weighted by molar-refractivity contribution is 7.99. The zero-order valence-corrected chi connectivity index (χ0v) is 11.2. The summed E-state index contributed by atoms with van der Waals surface area (Å²) in [5.74, 6) is 2.32. The number of aromatic nitrogens is 2. The Labute approximate surface area is 111 Å². The fourth-order valence-electron chi connectivity index (χ4n) is 1.70. The van der Waals surface area contributed by atoms with Gasteiger partial charge in [0.2, 0.25) is 0 Å². The van der Waals surface area contributed by atoms with Crippen LogP contribution in [0.3, 0.4) is 0 Å². The molecule has 0 atom stereocenters. The second-order valence-corrected chi connectivity index (χ2v) is 5.56.